The van der Waals surface area contributed by atoms with E-state index in [1.165, 1.54) is 0 Å². The molecule has 0 aromatic heterocycles. The fraction of sp³-hybridized carbons (Fsp3) is 0.889. The molecule has 0 bridgehead atoms. The van der Waals surface area contributed by atoms with Crippen molar-refractivity contribution in [2.24, 2.45) is 0 Å². The lowest BCUT2D eigenvalue weighted by Gasteiger charge is -2.34. The third kappa shape index (κ3) is 2.05. The molecule has 1 saturated carbocycles. The van der Waals surface area contributed by atoms with Gasteiger partial charge in [0.25, 0.3) is 0 Å². The van der Waals surface area contributed by atoms with E-state index in [4.69, 9.17) is 9.47 Å². The highest BCUT2D eigenvalue weighted by Gasteiger charge is 2.34. The van der Waals surface area contributed by atoms with Crippen LogP contribution in [0.25, 0.3) is 0 Å². The molecule has 3 nitrogen and oxygen atoms in total. The molecule has 1 aliphatic rings. The number of ketones is 1. The molecule has 0 aromatic carbocycles. The van der Waals surface area contributed by atoms with Crippen molar-refractivity contribution >= 4 is 5.78 Å². The SMILES string of the molecule is COCC1(OC)CCC(=O)CC1. The zero-order chi connectivity index (χ0) is 9.03. The third-order valence-corrected chi connectivity index (χ3v) is 2.56. The summed E-state index contributed by atoms with van der Waals surface area (Å²) in [5.74, 6) is 0.346. The van der Waals surface area contributed by atoms with Gasteiger partial charge in [-0.1, -0.05) is 0 Å². The van der Waals surface area contributed by atoms with Crippen LogP contribution < -0.4 is 0 Å². The minimum Gasteiger partial charge on any atom is -0.382 e. The van der Waals surface area contributed by atoms with Crippen LogP contribution >= 0.6 is 0 Å². The summed E-state index contributed by atoms with van der Waals surface area (Å²) in [4.78, 5) is 11.0. The monoisotopic (exact) mass is 172 g/mol. The van der Waals surface area contributed by atoms with Gasteiger partial charge in [0.2, 0.25) is 0 Å². The Morgan fingerprint density at radius 1 is 1.33 bits per heavy atom. The number of Topliss-reactive ketones (excluding diaryl/α,β-unsaturated/α-hetero) is 1. The summed E-state index contributed by atoms with van der Waals surface area (Å²) in [5.41, 5.74) is -0.192. The Morgan fingerprint density at radius 3 is 2.33 bits per heavy atom. The second-order valence-electron chi connectivity index (χ2n) is 3.36. The number of ether oxygens (including phenoxy) is 2. The Bertz CT molecular complexity index is 155. The topological polar surface area (TPSA) is 35.5 Å². The number of hydrogen-bond donors (Lipinski definition) is 0. The Balaban J connectivity index is 2.50. The molecule has 12 heavy (non-hydrogen) atoms. The quantitative estimate of drug-likeness (QED) is 0.641. The molecule has 0 radical (unpaired) electrons. The number of carbonyl (C=O) groups is 1. The molecule has 0 aliphatic heterocycles. The van der Waals surface area contributed by atoms with Crippen LogP contribution in [0.2, 0.25) is 0 Å². The zero-order valence-electron chi connectivity index (χ0n) is 7.76. The summed E-state index contributed by atoms with van der Waals surface area (Å²) < 4.78 is 10.5. The lowest BCUT2D eigenvalue weighted by atomic mass is 9.84. The van der Waals surface area contributed by atoms with Crippen LogP contribution in [0.15, 0.2) is 0 Å². The van der Waals surface area contributed by atoms with E-state index in [9.17, 15) is 4.79 Å². The zero-order valence-corrected chi connectivity index (χ0v) is 7.76. The van der Waals surface area contributed by atoms with Crippen molar-refractivity contribution < 1.29 is 14.3 Å². The normalized spacial score (nSPS) is 22.7. The van der Waals surface area contributed by atoms with Crippen LogP contribution in [-0.4, -0.2) is 32.2 Å². The van der Waals surface area contributed by atoms with Gasteiger partial charge in [-0.3, -0.25) is 4.79 Å². The molecule has 0 aromatic rings. The minimum absolute atomic E-state index is 0.192. The molecule has 0 N–H and O–H groups in total. The van der Waals surface area contributed by atoms with Crippen LogP contribution in [0.3, 0.4) is 0 Å². The van der Waals surface area contributed by atoms with Crippen LogP contribution in [0.4, 0.5) is 0 Å². The first-order chi connectivity index (χ1) is 5.72. The maximum absolute atomic E-state index is 11.0. The highest BCUT2D eigenvalue weighted by Crippen LogP contribution is 2.29. The van der Waals surface area contributed by atoms with Gasteiger partial charge in [0, 0.05) is 27.1 Å². The third-order valence-electron chi connectivity index (χ3n) is 2.56. The first-order valence-electron chi connectivity index (χ1n) is 4.28. The average Bonchev–Trinajstić information content (AvgIpc) is 2.10. The Kier molecular flexibility index (Phi) is 3.23. The fourth-order valence-electron chi connectivity index (χ4n) is 1.65. The van der Waals surface area contributed by atoms with Crippen molar-refractivity contribution in [1.82, 2.24) is 0 Å². The molecule has 0 atom stereocenters. The van der Waals surface area contributed by atoms with Crippen LogP contribution in [0.1, 0.15) is 25.7 Å². The number of rotatable bonds is 3. The van der Waals surface area contributed by atoms with Crippen LogP contribution in [0, 0.1) is 0 Å². The van der Waals surface area contributed by atoms with Gasteiger partial charge in [-0.15, -0.1) is 0 Å². The predicted octanol–water partition coefficient (Wildman–Crippen LogP) is 1.16. The van der Waals surface area contributed by atoms with Crippen molar-refractivity contribution in [2.45, 2.75) is 31.3 Å². The average molecular weight is 172 g/mol. The van der Waals surface area contributed by atoms with Crippen LogP contribution in [-0.2, 0) is 14.3 Å². The fourth-order valence-corrected chi connectivity index (χ4v) is 1.65. The Morgan fingerprint density at radius 2 is 1.92 bits per heavy atom. The smallest absolute Gasteiger partial charge is 0.133 e. The molecular formula is C9H16O3. The summed E-state index contributed by atoms with van der Waals surface area (Å²) in [6, 6.07) is 0. The van der Waals surface area contributed by atoms with Gasteiger partial charge in [-0.2, -0.15) is 0 Å². The first kappa shape index (κ1) is 9.68. The van der Waals surface area contributed by atoms with Crippen molar-refractivity contribution in [2.75, 3.05) is 20.8 Å². The van der Waals surface area contributed by atoms with E-state index in [1.54, 1.807) is 14.2 Å². The van der Waals surface area contributed by atoms with E-state index in [2.05, 4.69) is 0 Å². The number of carbonyl (C=O) groups excluding carboxylic acids is 1. The van der Waals surface area contributed by atoms with E-state index >= 15 is 0 Å². The van der Waals surface area contributed by atoms with Gasteiger partial charge in [0.1, 0.15) is 5.78 Å². The van der Waals surface area contributed by atoms with Crippen molar-refractivity contribution in [3.05, 3.63) is 0 Å². The molecule has 0 spiro atoms. The standard InChI is InChI=1S/C9H16O3/c1-11-7-9(12-2)5-3-8(10)4-6-9/h3-7H2,1-2H3. The van der Waals surface area contributed by atoms with E-state index in [1.807, 2.05) is 0 Å². The highest BCUT2D eigenvalue weighted by molar-refractivity contribution is 5.79. The minimum atomic E-state index is -0.192. The lowest BCUT2D eigenvalue weighted by Crippen LogP contribution is -2.40. The summed E-state index contributed by atoms with van der Waals surface area (Å²) in [6.45, 7) is 0.594. The molecular weight excluding hydrogens is 156 g/mol. The van der Waals surface area contributed by atoms with E-state index in [-0.39, 0.29) is 5.60 Å². The van der Waals surface area contributed by atoms with E-state index in [0.29, 0.717) is 25.2 Å². The largest absolute Gasteiger partial charge is 0.382 e. The van der Waals surface area contributed by atoms with Gasteiger partial charge in [-0.05, 0) is 12.8 Å². The lowest BCUT2D eigenvalue weighted by molar-refractivity contribution is -0.131. The second-order valence-corrected chi connectivity index (χ2v) is 3.36. The van der Waals surface area contributed by atoms with Gasteiger partial charge in [0.15, 0.2) is 0 Å². The number of hydrogen-bond acceptors (Lipinski definition) is 3. The molecule has 0 unspecified atom stereocenters. The molecule has 0 amide bonds. The molecule has 1 rings (SSSR count). The van der Waals surface area contributed by atoms with Gasteiger partial charge in [-0.25, -0.2) is 0 Å². The number of methoxy groups -OCH3 is 2. The van der Waals surface area contributed by atoms with Crippen molar-refractivity contribution in [3.63, 3.8) is 0 Å². The van der Waals surface area contributed by atoms with E-state index in [0.717, 1.165) is 12.8 Å². The molecule has 0 heterocycles. The molecule has 70 valence electrons. The molecule has 0 saturated heterocycles. The molecule has 1 aliphatic carbocycles. The first-order valence-corrected chi connectivity index (χ1v) is 4.28. The molecule has 3 heteroatoms. The Labute approximate surface area is 73.0 Å². The van der Waals surface area contributed by atoms with Crippen molar-refractivity contribution in [3.8, 4) is 0 Å². The summed E-state index contributed by atoms with van der Waals surface area (Å²) in [7, 11) is 3.35. The second kappa shape index (κ2) is 4.01. The summed E-state index contributed by atoms with van der Waals surface area (Å²) in [5, 5.41) is 0. The maximum Gasteiger partial charge on any atom is 0.133 e. The summed E-state index contributed by atoms with van der Waals surface area (Å²) >= 11 is 0. The van der Waals surface area contributed by atoms with Gasteiger partial charge < -0.3 is 9.47 Å². The van der Waals surface area contributed by atoms with Crippen molar-refractivity contribution in [1.29, 1.82) is 0 Å². The predicted molar refractivity (Wildman–Crippen MR) is 45.1 cm³/mol. The maximum atomic E-state index is 11.0. The Hall–Kier alpha value is -0.410. The van der Waals surface area contributed by atoms with E-state index < -0.39 is 0 Å². The molecule has 1 fully saturated rings. The van der Waals surface area contributed by atoms with Gasteiger partial charge >= 0.3 is 0 Å². The highest BCUT2D eigenvalue weighted by atomic mass is 16.5. The van der Waals surface area contributed by atoms with Crippen LogP contribution in [0.5, 0.6) is 0 Å². The summed E-state index contributed by atoms with van der Waals surface area (Å²) in [6.07, 6.45) is 2.88. The van der Waals surface area contributed by atoms with Gasteiger partial charge in [0.05, 0.1) is 12.2 Å².